The van der Waals surface area contributed by atoms with Gasteiger partial charge in [0.1, 0.15) is 18.1 Å². The van der Waals surface area contributed by atoms with Crippen molar-refractivity contribution in [1.82, 2.24) is 14.9 Å². The Morgan fingerprint density at radius 2 is 1.69 bits per heavy atom. The number of fused-ring (bicyclic) bond motifs is 1. The first kappa shape index (κ1) is 27.8. The lowest BCUT2D eigenvalue weighted by Crippen LogP contribution is -2.42. The lowest BCUT2D eigenvalue weighted by molar-refractivity contribution is 0.249. The number of nitrogens with zero attached hydrogens (tertiary/aromatic N) is 5. The third-order valence-electron chi connectivity index (χ3n) is 7.95. The molecule has 7 nitrogen and oxygen atoms in total. The summed E-state index contributed by atoms with van der Waals surface area (Å²) < 4.78 is 51.0. The number of rotatable bonds is 7. The van der Waals surface area contributed by atoms with Crippen LogP contribution in [0.2, 0.25) is 0 Å². The summed E-state index contributed by atoms with van der Waals surface area (Å²) in [6, 6.07) is 18.1. The summed E-state index contributed by atoms with van der Waals surface area (Å²) in [5.41, 5.74) is 2.74. The Kier molecular flexibility index (Phi) is 7.88. The van der Waals surface area contributed by atoms with Crippen molar-refractivity contribution in [3.05, 3.63) is 89.9 Å². The molecule has 0 radical (unpaired) electrons. The van der Waals surface area contributed by atoms with E-state index in [-0.39, 0.29) is 28.8 Å². The van der Waals surface area contributed by atoms with Gasteiger partial charge >= 0.3 is 0 Å². The molecule has 42 heavy (non-hydrogen) atoms. The van der Waals surface area contributed by atoms with Gasteiger partial charge in [0.05, 0.1) is 24.1 Å². The van der Waals surface area contributed by atoms with Gasteiger partial charge in [0.2, 0.25) is 5.95 Å². The van der Waals surface area contributed by atoms with Gasteiger partial charge in [-0.3, -0.25) is 0 Å². The molecule has 0 saturated carbocycles. The second-order valence-electron chi connectivity index (χ2n) is 10.9. The Morgan fingerprint density at radius 1 is 0.905 bits per heavy atom. The van der Waals surface area contributed by atoms with Gasteiger partial charge in [-0.15, -0.1) is 0 Å². The molecule has 1 N–H and O–H groups in total. The second kappa shape index (κ2) is 11.9. The fraction of sp³-hybridized carbons (Fsp3) is 0.312. The first-order valence-electron chi connectivity index (χ1n) is 14.1. The van der Waals surface area contributed by atoms with E-state index in [4.69, 9.17) is 4.74 Å². The van der Waals surface area contributed by atoms with Crippen molar-refractivity contribution in [3.8, 4) is 17.0 Å². The Hall–Kier alpha value is -4.31. The predicted octanol–water partition coefficient (Wildman–Crippen LogP) is 6.23. The highest BCUT2D eigenvalue weighted by molar-refractivity contribution is 5.73. The molecule has 0 atom stereocenters. The molecule has 4 aromatic rings. The van der Waals surface area contributed by atoms with Gasteiger partial charge in [0, 0.05) is 36.9 Å². The maximum absolute atomic E-state index is 15.2. The topological polar surface area (TPSA) is 56.8 Å². The van der Waals surface area contributed by atoms with Crippen molar-refractivity contribution in [2.75, 3.05) is 55.5 Å². The fourth-order valence-corrected chi connectivity index (χ4v) is 5.66. The number of piperidine rings is 1. The van der Waals surface area contributed by atoms with E-state index in [0.29, 0.717) is 42.8 Å². The number of benzene rings is 3. The molecule has 10 heteroatoms. The average molecular weight is 575 g/mol. The van der Waals surface area contributed by atoms with Crippen LogP contribution in [0.3, 0.4) is 0 Å². The first-order chi connectivity index (χ1) is 20.4. The predicted molar refractivity (Wildman–Crippen MR) is 159 cm³/mol. The Balaban J connectivity index is 1.23. The van der Waals surface area contributed by atoms with Gasteiger partial charge in [0.15, 0.2) is 17.4 Å². The van der Waals surface area contributed by atoms with Crippen LogP contribution in [-0.2, 0) is 6.54 Å². The van der Waals surface area contributed by atoms with Crippen LogP contribution in [0.1, 0.15) is 18.4 Å². The van der Waals surface area contributed by atoms with Gasteiger partial charge in [0.25, 0.3) is 0 Å². The number of hydrogen-bond acceptors (Lipinski definition) is 7. The molecule has 0 unspecified atom stereocenters. The third kappa shape index (κ3) is 5.85. The van der Waals surface area contributed by atoms with E-state index in [0.717, 1.165) is 37.7 Å². The standard InChI is InChI=1S/C32H33F3N6O/c1-39(2)24-10-12-40(13-11-24)28-9-8-23(18-25(28)33)37-32-36-19-27(35)30(38-32)22-16-26(34)31-29(17-22)41(14-15-42-31)20-21-6-4-3-5-7-21/h3-9,16-19,24H,10-15,20H2,1-2H3,(H,36,37,38). The zero-order valence-corrected chi connectivity index (χ0v) is 23.7. The summed E-state index contributed by atoms with van der Waals surface area (Å²) in [6.45, 7) is 3.01. The van der Waals surface area contributed by atoms with Crippen LogP contribution in [-0.4, -0.2) is 61.2 Å². The van der Waals surface area contributed by atoms with Gasteiger partial charge in [-0.2, -0.15) is 0 Å². The first-order valence-corrected chi connectivity index (χ1v) is 14.1. The Morgan fingerprint density at radius 3 is 2.43 bits per heavy atom. The lowest BCUT2D eigenvalue weighted by atomic mass is 10.0. The molecule has 1 saturated heterocycles. The number of anilines is 4. The molecule has 0 spiro atoms. The van der Waals surface area contributed by atoms with E-state index in [1.165, 1.54) is 12.1 Å². The molecule has 3 heterocycles. The Bertz CT molecular complexity index is 1560. The highest BCUT2D eigenvalue weighted by atomic mass is 19.1. The van der Waals surface area contributed by atoms with Crippen molar-refractivity contribution >= 4 is 23.0 Å². The number of aromatic nitrogens is 2. The van der Waals surface area contributed by atoms with E-state index in [2.05, 4.69) is 39.2 Å². The van der Waals surface area contributed by atoms with Crippen LogP contribution in [0.25, 0.3) is 11.3 Å². The molecule has 1 fully saturated rings. The van der Waals surface area contributed by atoms with Crippen LogP contribution >= 0.6 is 0 Å². The molecule has 218 valence electrons. The molecule has 6 rings (SSSR count). The van der Waals surface area contributed by atoms with Gasteiger partial charge in [-0.1, -0.05) is 30.3 Å². The average Bonchev–Trinajstić information content (AvgIpc) is 2.99. The summed E-state index contributed by atoms with van der Waals surface area (Å²) >= 11 is 0. The molecule has 1 aromatic heterocycles. The van der Waals surface area contributed by atoms with Crippen molar-refractivity contribution < 1.29 is 17.9 Å². The molecular formula is C32H33F3N6O. The van der Waals surface area contributed by atoms with E-state index in [1.807, 2.05) is 35.2 Å². The molecule has 2 aliphatic heterocycles. The lowest BCUT2D eigenvalue weighted by Gasteiger charge is -2.36. The number of ether oxygens (including phenoxy) is 1. The second-order valence-corrected chi connectivity index (χ2v) is 10.9. The van der Waals surface area contributed by atoms with E-state index >= 15 is 13.2 Å². The maximum Gasteiger partial charge on any atom is 0.227 e. The quantitative estimate of drug-likeness (QED) is 0.281. The van der Waals surface area contributed by atoms with Crippen molar-refractivity contribution in [2.45, 2.75) is 25.4 Å². The fourth-order valence-electron chi connectivity index (χ4n) is 5.66. The van der Waals surface area contributed by atoms with Crippen LogP contribution in [0.15, 0.2) is 66.9 Å². The van der Waals surface area contributed by atoms with Crippen molar-refractivity contribution in [2.24, 2.45) is 0 Å². The zero-order chi connectivity index (χ0) is 29.2. The summed E-state index contributed by atoms with van der Waals surface area (Å²) in [5.74, 6) is -1.45. The third-order valence-corrected chi connectivity index (χ3v) is 7.95. The summed E-state index contributed by atoms with van der Waals surface area (Å²) in [7, 11) is 4.14. The number of hydrogen-bond donors (Lipinski definition) is 1. The highest BCUT2D eigenvalue weighted by Crippen LogP contribution is 2.39. The minimum atomic E-state index is -0.700. The monoisotopic (exact) mass is 574 g/mol. The smallest absolute Gasteiger partial charge is 0.227 e. The van der Waals surface area contributed by atoms with E-state index in [9.17, 15) is 0 Å². The molecule has 2 aliphatic rings. The normalized spacial score (nSPS) is 15.5. The Labute approximate surface area is 243 Å². The zero-order valence-electron chi connectivity index (χ0n) is 23.7. The van der Waals surface area contributed by atoms with E-state index in [1.54, 1.807) is 18.2 Å². The van der Waals surface area contributed by atoms with Crippen molar-refractivity contribution in [3.63, 3.8) is 0 Å². The van der Waals surface area contributed by atoms with Crippen LogP contribution in [0.4, 0.5) is 36.2 Å². The van der Waals surface area contributed by atoms with Crippen molar-refractivity contribution in [1.29, 1.82) is 0 Å². The minimum absolute atomic E-state index is 0.0692. The van der Waals surface area contributed by atoms with Crippen LogP contribution in [0, 0.1) is 17.5 Å². The summed E-state index contributed by atoms with van der Waals surface area (Å²) in [4.78, 5) is 14.7. The molecule has 0 aliphatic carbocycles. The SMILES string of the molecule is CN(C)C1CCN(c2ccc(Nc3ncc(F)c(-c4cc(F)c5c(c4)N(Cc4ccccc4)CCO5)n3)cc2F)CC1. The molecular weight excluding hydrogens is 541 g/mol. The molecule has 0 amide bonds. The van der Waals surface area contributed by atoms with Gasteiger partial charge < -0.3 is 24.8 Å². The highest BCUT2D eigenvalue weighted by Gasteiger charge is 2.25. The molecule has 3 aromatic carbocycles. The summed E-state index contributed by atoms with van der Waals surface area (Å²) in [6.07, 6.45) is 2.97. The number of nitrogens with one attached hydrogen (secondary N) is 1. The van der Waals surface area contributed by atoms with E-state index < -0.39 is 11.6 Å². The maximum atomic E-state index is 15.2. The summed E-state index contributed by atoms with van der Waals surface area (Å²) in [5, 5.41) is 2.97. The van der Waals surface area contributed by atoms with Crippen LogP contribution in [0.5, 0.6) is 5.75 Å². The largest absolute Gasteiger partial charge is 0.486 e. The number of halogens is 3. The van der Waals surface area contributed by atoms with Gasteiger partial charge in [-0.25, -0.2) is 23.1 Å². The molecule has 0 bridgehead atoms. The minimum Gasteiger partial charge on any atom is -0.486 e. The van der Waals surface area contributed by atoms with Gasteiger partial charge in [-0.05, 0) is 62.8 Å². The van der Waals surface area contributed by atoms with Crippen LogP contribution < -0.4 is 19.9 Å².